The molecule has 4 heteroatoms. The first kappa shape index (κ1) is 13.9. The van der Waals surface area contributed by atoms with E-state index < -0.39 is 0 Å². The maximum atomic E-state index is 5.36. The molecule has 0 fully saturated rings. The van der Waals surface area contributed by atoms with Gasteiger partial charge in [-0.15, -0.1) is 0 Å². The number of para-hydroxylation sites is 1. The molecular weight excluding hydrogens is 278 g/mol. The zero-order valence-corrected chi connectivity index (χ0v) is 13.2. The van der Waals surface area contributed by atoms with Crippen LogP contribution in [0.2, 0.25) is 0 Å². The largest absolute Gasteiger partial charge is 0.342 e. The van der Waals surface area contributed by atoms with Gasteiger partial charge in [0.1, 0.15) is 10.3 Å². The van der Waals surface area contributed by atoms with Crippen LogP contribution in [0.4, 0.5) is 0 Å². The zero-order chi connectivity index (χ0) is 15.0. The molecule has 0 atom stereocenters. The van der Waals surface area contributed by atoms with E-state index in [1.807, 2.05) is 25.1 Å². The summed E-state index contributed by atoms with van der Waals surface area (Å²) in [6, 6.07) is 10.2. The fourth-order valence-corrected chi connectivity index (χ4v) is 2.74. The molecule has 0 amide bonds. The van der Waals surface area contributed by atoms with Gasteiger partial charge >= 0.3 is 0 Å². The lowest BCUT2D eigenvalue weighted by Crippen LogP contribution is -2.01. The second-order valence-corrected chi connectivity index (χ2v) is 5.58. The summed E-state index contributed by atoms with van der Waals surface area (Å²) in [6.45, 7) is 6.21. The topological polar surface area (TPSA) is 41.6 Å². The smallest absolute Gasteiger partial charge is 0.157 e. The number of pyridine rings is 1. The van der Waals surface area contributed by atoms with E-state index in [1.54, 1.807) is 0 Å². The highest BCUT2D eigenvalue weighted by Gasteiger charge is 2.09. The van der Waals surface area contributed by atoms with Gasteiger partial charge in [-0.05, 0) is 38.0 Å². The predicted octanol–water partition coefficient (Wildman–Crippen LogP) is 4.53. The van der Waals surface area contributed by atoms with Crippen molar-refractivity contribution in [1.29, 1.82) is 0 Å². The Hall–Kier alpha value is -2.07. The summed E-state index contributed by atoms with van der Waals surface area (Å²) < 4.78 is 0.646. The minimum Gasteiger partial charge on any atom is -0.342 e. The number of aryl methyl sites for hydroxylation is 2. The summed E-state index contributed by atoms with van der Waals surface area (Å²) in [5.41, 5.74) is 5.18. The van der Waals surface area contributed by atoms with Gasteiger partial charge in [-0.2, -0.15) is 0 Å². The molecule has 1 aromatic carbocycles. The van der Waals surface area contributed by atoms with E-state index in [0.29, 0.717) is 4.64 Å². The van der Waals surface area contributed by atoms with E-state index in [0.717, 1.165) is 34.7 Å². The lowest BCUT2D eigenvalue weighted by atomic mass is 10.1. The van der Waals surface area contributed by atoms with Gasteiger partial charge in [-0.3, -0.25) is 0 Å². The van der Waals surface area contributed by atoms with Crippen molar-refractivity contribution in [1.82, 2.24) is 15.0 Å². The summed E-state index contributed by atoms with van der Waals surface area (Å²) in [5.74, 6) is 0.747. The summed E-state index contributed by atoms with van der Waals surface area (Å²) in [5, 5.41) is 1.17. The number of H-pyrrole nitrogens is 1. The Labute approximate surface area is 129 Å². The van der Waals surface area contributed by atoms with Gasteiger partial charge in [-0.1, -0.05) is 37.3 Å². The molecule has 21 heavy (non-hydrogen) atoms. The molecule has 0 saturated heterocycles. The average Bonchev–Trinajstić information content (AvgIpc) is 2.50. The van der Waals surface area contributed by atoms with Crippen molar-refractivity contribution in [3.8, 4) is 11.5 Å². The molecular formula is C17H17N3S. The summed E-state index contributed by atoms with van der Waals surface area (Å²) in [6.07, 6.45) is 0.900. The zero-order valence-electron chi connectivity index (χ0n) is 12.4. The van der Waals surface area contributed by atoms with Crippen LogP contribution in [-0.4, -0.2) is 15.0 Å². The molecule has 106 valence electrons. The molecule has 0 aliphatic heterocycles. The summed E-state index contributed by atoms with van der Waals surface area (Å²) in [7, 11) is 0. The van der Waals surface area contributed by atoms with Gasteiger partial charge in [0.25, 0.3) is 0 Å². The maximum absolute atomic E-state index is 5.36. The van der Waals surface area contributed by atoms with Gasteiger partial charge in [0.15, 0.2) is 5.82 Å². The second-order valence-electron chi connectivity index (χ2n) is 5.19. The third-order valence-corrected chi connectivity index (χ3v) is 4.17. The molecule has 3 aromatic rings. The Kier molecular flexibility index (Phi) is 3.55. The van der Waals surface area contributed by atoms with Crippen molar-refractivity contribution in [2.75, 3.05) is 0 Å². The quantitative estimate of drug-likeness (QED) is 0.706. The van der Waals surface area contributed by atoms with Crippen LogP contribution in [0.5, 0.6) is 0 Å². The standard InChI is InChI=1S/C17H17N3S/c1-4-13-11(3)17(21)20-16(19-13)15-9-10(2)12-7-5-6-8-14(12)18-15/h5-9H,4H2,1-3H3,(H,19,20,21). The molecule has 2 heterocycles. The molecule has 0 unspecified atom stereocenters. The lowest BCUT2D eigenvalue weighted by molar-refractivity contribution is 0.964. The first-order valence-corrected chi connectivity index (χ1v) is 7.47. The molecule has 2 aromatic heterocycles. The van der Waals surface area contributed by atoms with E-state index in [2.05, 4.69) is 35.9 Å². The molecule has 3 rings (SSSR count). The number of hydrogen-bond donors (Lipinski definition) is 1. The third kappa shape index (κ3) is 2.47. The van der Waals surface area contributed by atoms with Gasteiger partial charge in [-0.25, -0.2) is 9.97 Å². The van der Waals surface area contributed by atoms with E-state index >= 15 is 0 Å². The molecule has 0 spiro atoms. The van der Waals surface area contributed by atoms with Crippen molar-refractivity contribution in [2.45, 2.75) is 27.2 Å². The SMILES string of the molecule is CCc1[nH]c(-c2cc(C)c3ccccc3n2)nc(=S)c1C. The first-order valence-electron chi connectivity index (χ1n) is 7.06. The van der Waals surface area contributed by atoms with Crippen molar-refractivity contribution < 1.29 is 0 Å². The fourth-order valence-electron chi connectivity index (χ4n) is 2.52. The molecule has 0 bridgehead atoms. The van der Waals surface area contributed by atoms with E-state index in [9.17, 15) is 0 Å². The Balaban J connectivity index is 2.26. The number of aromatic amines is 1. The number of benzene rings is 1. The Morgan fingerprint density at radius 2 is 1.90 bits per heavy atom. The number of fused-ring (bicyclic) bond motifs is 1. The maximum Gasteiger partial charge on any atom is 0.157 e. The van der Waals surface area contributed by atoms with Gasteiger partial charge in [0.05, 0.1) is 5.52 Å². The number of nitrogens with zero attached hydrogens (tertiary/aromatic N) is 2. The normalized spacial score (nSPS) is 11.0. The Bertz CT molecular complexity index is 881. The van der Waals surface area contributed by atoms with Crippen LogP contribution >= 0.6 is 12.2 Å². The number of aromatic nitrogens is 3. The van der Waals surface area contributed by atoms with Gasteiger partial charge in [0, 0.05) is 16.6 Å². The minimum atomic E-state index is 0.646. The van der Waals surface area contributed by atoms with E-state index in [4.69, 9.17) is 17.2 Å². The summed E-state index contributed by atoms with van der Waals surface area (Å²) >= 11 is 5.36. The molecule has 3 nitrogen and oxygen atoms in total. The Morgan fingerprint density at radius 3 is 2.67 bits per heavy atom. The second kappa shape index (κ2) is 5.37. The molecule has 0 aliphatic carbocycles. The van der Waals surface area contributed by atoms with Crippen molar-refractivity contribution in [2.24, 2.45) is 0 Å². The molecule has 0 aliphatic rings. The van der Waals surface area contributed by atoms with Crippen LogP contribution < -0.4 is 0 Å². The first-order chi connectivity index (χ1) is 10.1. The summed E-state index contributed by atoms with van der Waals surface area (Å²) in [4.78, 5) is 12.6. The number of nitrogens with one attached hydrogen (secondary N) is 1. The van der Waals surface area contributed by atoms with Crippen molar-refractivity contribution in [3.63, 3.8) is 0 Å². The number of hydrogen-bond acceptors (Lipinski definition) is 3. The Morgan fingerprint density at radius 1 is 1.14 bits per heavy atom. The van der Waals surface area contributed by atoms with Crippen LogP contribution in [0.25, 0.3) is 22.4 Å². The number of rotatable bonds is 2. The van der Waals surface area contributed by atoms with Crippen molar-refractivity contribution >= 4 is 23.1 Å². The highest BCUT2D eigenvalue weighted by molar-refractivity contribution is 7.71. The minimum absolute atomic E-state index is 0.646. The van der Waals surface area contributed by atoms with Crippen LogP contribution in [-0.2, 0) is 6.42 Å². The predicted molar refractivity (Wildman–Crippen MR) is 89.0 cm³/mol. The van der Waals surface area contributed by atoms with Crippen LogP contribution in [0.15, 0.2) is 30.3 Å². The van der Waals surface area contributed by atoms with Gasteiger partial charge in [0.2, 0.25) is 0 Å². The van der Waals surface area contributed by atoms with E-state index in [-0.39, 0.29) is 0 Å². The molecule has 1 N–H and O–H groups in total. The highest BCUT2D eigenvalue weighted by Crippen LogP contribution is 2.23. The van der Waals surface area contributed by atoms with Crippen LogP contribution in [0.3, 0.4) is 0 Å². The van der Waals surface area contributed by atoms with Crippen molar-refractivity contribution in [3.05, 3.63) is 51.8 Å². The monoisotopic (exact) mass is 295 g/mol. The van der Waals surface area contributed by atoms with Gasteiger partial charge < -0.3 is 4.98 Å². The molecule has 0 saturated carbocycles. The van der Waals surface area contributed by atoms with Crippen LogP contribution in [0.1, 0.15) is 23.7 Å². The fraction of sp³-hybridized carbons (Fsp3) is 0.235. The lowest BCUT2D eigenvalue weighted by Gasteiger charge is -2.09. The highest BCUT2D eigenvalue weighted by atomic mass is 32.1. The average molecular weight is 295 g/mol. The third-order valence-electron chi connectivity index (χ3n) is 3.78. The molecule has 0 radical (unpaired) electrons. The van der Waals surface area contributed by atoms with E-state index in [1.165, 1.54) is 10.9 Å². The van der Waals surface area contributed by atoms with Crippen LogP contribution in [0, 0.1) is 18.5 Å².